The van der Waals surface area contributed by atoms with Gasteiger partial charge in [-0.3, -0.25) is 14.3 Å². The van der Waals surface area contributed by atoms with E-state index in [-0.39, 0.29) is 17.6 Å². The van der Waals surface area contributed by atoms with E-state index in [1.54, 1.807) is 4.57 Å². The van der Waals surface area contributed by atoms with Crippen LogP contribution in [-0.4, -0.2) is 21.0 Å². The lowest BCUT2D eigenvalue weighted by atomic mass is 9.97. The Bertz CT molecular complexity index is 1390. The lowest BCUT2D eigenvalue weighted by molar-refractivity contribution is -0.137. The molecule has 7 heteroatoms. The van der Waals surface area contributed by atoms with Gasteiger partial charge in [-0.1, -0.05) is 72.8 Å². The van der Waals surface area contributed by atoms with Crippen LogP contribution in [-0.2, 0) is 19.1 Å². The number of benzene rings is 3. The van der Waals surface area contributed by atoms with Crippen molar-refractivity contribution in [2.24, 2.45) is 0 Å². The van der Waals surface area contributed by atoms with E-state index in [1.165, 1.54) is 12.1 Å². The molecule has 2 heterocycles. The predicted molar refractivity (Wildman–Crippen MR) is 137 cm³/mol. The molecule has 0 N–H and O–H groups in total. The maximum atomic E-state index is 14.1. The van der Waals surface area contributed by atoms with Crippen molar-refractivity contribution in [3.05, 3.63) is 135 Å². The van der Waals surface area contributed by atoms with Crippen LogP contribution in [0.5, 0.6) is 0 Å². The minimum atomic E-state index is -4.37. The number of aromatic nitrogens is 2. The average Bonchev–Trinajstić information content (AvgIpc) is 2.91. The Morgan fingerprint density at radius 2 is 1.41 bits per heavy atom. The van der Waals surface area contributed by atoms with E-state index in [2.05, 4.69) is 4.90 Å². The quantitative estimate of drug-likeness (QED) is 0.320. The smallest absolute Gasteiger partial charge is 0.292 e. The third-order valence-electron chi connectivity index (χ3n) is 7.22. The third kappa shape index (κ3) is 4.96. The molecule has 1 aliphatic rings. The molecule has 3 aromatic carbocycles. The van der Waals surface area contributed by atoms with Crippen LogP contribution in [0.1, 0.15) is 58.3 Å². The van der Waals surface area contributed by atoms with E-state index in [1.807, 2.05) is 74.5 Å². The van der Waals surface area contributed by atoms with Gasteiger partial charge in [-0.2, -0.15) is 13.2 Å². The lowest BCUT2D eigenvalue weighted by Gasteiger charge is -2.34. The molecule has 0 spiro atoms. The molecule has 37 heavy (non-hydrogen) atoms. The first-order valence-corrected chi connectivity index (χ1v) is 12.4. The van der Waals surface area contributed by atoms with Crippen molar-refractivity contribution in [1.29, 1.82) is 0 Å². The molecule has 0 amide bonds. The molecule has 0 saturated heterocycles. The summed E-state index contributed by atoms with van der Waals surface area (Å²) in [6.45, 7) is 4.90. The van der Waals surface area contributed by atoms with Gasteiger partial charge in [-0.25, -0.2) is 4.98 Å². The summed E-state index contributed by atoms with van der Waals surface area (Å²) in [6.07, 6.45) is -3.76. The minimum Gasteiger partial charge on any atom is -0.292 e. The summed E-state index contributed by atoms with van der Waals surface area (Å²) in [7, 11) is 0. The van der Waals surface area contributed by atoms with Crippen molar-refractivity contribution in [3.8, 4) is 0 Å². The Balaban J connectivity index is 1.52. The van der Waals surface area contributed by atoms with Crippen molar-refractivity contribution in [3.63, 3.8) is 0 Å². The topological polar surface area (TPSA) is 38.1 Å². The first kappa shape index (κ1) is 25.0. The van der Waals surface area contributed by atoms with Crippen LogP contribution in [0, 0.1) is 6.92 Å². The van der Waals surface area contributed by atoms with Gasteiger partial charge in [0.05, 0.1) is 22.9 Å². The number of nitrogens with zero attached hydrogens (tertiary/aromatic N) is 3. The summed E-state index contributed by atoms with van der Waals surface area (Å²) in [5, 5.41) is 0. The molecule has 4 nitrogen and oxygen atoms in total. The fraction of sp³-hybridized carbons (Fsp3) is 0.267. The summed E-state index contributed by atoms with van der Waals surface area (Å²) in [4.78, 5) is 21.0. The summed E-state index contributed by atoms with van der Waals surface area (Å²) >= 11 is 0. The highest BCUT2D eigenvalue weighted by atomic mass is 19.4. The predicted octanol–water partition coefficient (Wildman–Crippen LogP) is 6.33. The Kier molecular flexibility index (Phi) is 6.73. The van der Waals surface area contributed by atoms with Crippen LogP contribution < -0.4 is 5.56 Å². The molecule has 4 aromatic rings. The fourth-order valence-electron chi connectivity index (χ4n) is 5.19. The van der Waals surface area contributed by atoms with Crippen molar-refractivity contribution < 1.29 is 13.2 Å². The van der Waals surface area contributed by atoms with Crippen LogP contribution in [0.3, 0.4) is 0 Å². The van der Waals surface area contributed by atoms with E-state index in [9.17, 15) is 18.0 Å². The van der Waals surface area contributed by atoms with Gasteiger partial charge in [0, 0.05) is 25.6 Å². The zero-order valence-corrected chi connectivity index (χ0v) is 20.7. The van der Waals surface area contributed by atoms with Crippen molar-refractivity contribution in [2.75, 3.05) is 6.54 Å². The van der Waals surface area contributed by atoms with Crippen LogP contribution in [0.4, 0.5) is 13.2 Å². The zero-order chi connectivity index (χ0) is 26.2. The molecule has 0 radical (unpaired) electrons. The molecule has 0 aliphatic carbocycles. The van der Waals surface area contributed by atoms with Crippen LogP contribution >= 0.6 is 0 Å². The number of fused-ring (bicyclic) bond motifs is 1. The number of aryl methyl sites for hydroxylation is 1. The van der Waals surface area contributed by atoms with E-state index < -0.39 is 11.7 Å². The molecule has 0 saturated carbocycles. The SMILES string of the molecule is Cc1nc2c(c(=O)n1C(c1ccccc1)c1ccccc1)CN([C@H](C)c1ccc(C(F)(F)F)cc1)CC2. The fourth-order valence-corrected chi connectivity index (χ4v) is 5.19. The molecule has 5 rings (SSSR count). The molecule has 1 atom stereocenters. The summed E-state index contributed by atoms with van der Waals surface area (Å²) < 4.78 is 40.8. The van der Waals surface area contributed by atoms with Gasteiger partial charge in [0.15, 0.2) is 0 Å². The molecule has 1 aliphatic heterocycles. The van der Waals surface area contributed by atoms with Crippen molar-refractivity contribution in [1.82, 2.24) is 14.5 Å². The van der Waals surface area contributed by atoms with Gasteiger partial charge in [0.2, 0.25) is 0 Å². The van der Waals surface area contributed by atoms with Gasteiger partial charge in [-0.05, 0) is 42.7 Å². The van der Waals surface area contributed by atoms with E-state index in [0.717, 1.165) is 34.5 Å². The maximum Gasteiger partial charge on any atom is 0.416 e. The Morgan fingerprint density at radius 1 is 0.838 bits per heavy atom. The maximum absolute atomic E-state index is 14.1. The summed E-state index contributed by atoms with van der Waals surface area (Å²) in [5.41, 5.74) is 3.47. The number of hydrogen-bond acceptors (Lipinski definition) is 3. The Morgan fingerprint density at radius 3 is 1.95 bits per heavy atom. The molecular formula is C30H28F3N3O. The van der Waals surface area contributed by atoms with Gasteiger partial charge < -0.3 is 0 Å². The molecular weight excluding hydrogens is 475 g/mol. The highest BCUT2D eigenvalue weighted by molar-refractivity contribution is 5.35. The number of alkyl halides is 3. The number of hydrogen-bond donors (Lipinski definition) is 0. The van der Waals surface area contributed by atoms with Gasteiger partial charge in [0.25, 0.3) is 5.56 Å². The van der Waals surface area contributed by atoms with Gasteiger partial charge in [-0.15, -0.1) is 0 Å². The van der Waals surface area contributed by atoms with Gasteiger partial charge >= 0.3 is 6.18 Å². The van der Waals surface area contributed by atoms with Crippen LogP contribution in [0.2, 0.25) is 0 Å². The average molecular weight is 504 g/mol. The minimum absolute atomic E-state index is 0.0791. The number of rotatable bonds is 5. The standard InChI is InChI=1S/C30H28F3N3O/c1-20(22-13-15-25(16-14-22)30(31,32)33)35-18-17-27-26(19-35)29(37)36(21(2)34-27)28(23-9-5-3-6-10-23)24-11-7-4-8-12-24/h3-16,20,28H,17-19H2,1-2H3/t20-/m1/s1. The Hall–Kier alpha value is -3.71. The van der Waals surface area contributed by atoms with Crippen LogP contribution in [0.15, 0.2) is 89.7 Å². The van der Waals surface area contributed by atoms with Gasteiger partial charge in [0.1, 0.15) is 5.82 Å². The van der Waals surface area contributed by atoms with E-state index in [0.29, 0.717) is 30.9 Å². The zero-order valence-electron chi connectivity index (χ0n) is 20.7. The van der Waals surface area contributed by atoms with Crippen LogP contribution in [0.25, 0.3) is 0 Å². The summed E-state index contributed by atoms with van der Waals surface area (Å²) in [5.74, 6) is 0.658. The second-order valence-corrected chi connectivity index (χ2v) is 9.50. The molecule has 1 aromatic heterocycles. The summed E-state index contributed by atoms with van der Waals surface area (Å²) in [6, 6.07) is 24.6. The van der Waals surface area contributed by atoms with E-state index in [4.69, 9.17) is 4.98 Å². The molecule has 0 bridgehead atoms. The van der Waals surface area contributed by atoms with E-state index >= 15 is 0 Å². The highest BCUT2D eigenvalue weighted by Gasteiger charge is 2.32. The number of halogens is 3. The first-order valence-electron chi connectivity index (χ1n) is 12.4. The largest absolute Gasteiger partial charge is 0.416 e. The van der Waals surface area contributed by atoms with Crippen molar-refractivity contribution >= 4 is 0 Å². The van der Waals surface area contributed by atoms with Crippen molar-refractivity contribution in [2.45, 2.75) is 45.1 Å². The molecule has 0 unspecified atom stereocenters. The Labute approximate surface area is 214 Å². The highest BCUT2D eigenvalue weighted by Crippen LogP contribution is 2.32. The third-order valence-corrected chi connectivity index (χ3v) is 7.22. The lowest BCUT2D eigenvalue weighted by Crippen LogP contribution is -2.41. The molecule has 0 fully saturated rings. The first-order chi connectivity index (χ1) is 17.7. The monoisotopic (exact) mass is 503 g/mol. The molecule has 190 valence electrons. The second kappa shape index (κ2) is 9.98. The second-order valence-electron chi connectivity index (χ2n) is 9.50. The normalized spacial score (nSPS) is 15.0.